The zero-order chi connectivity index (χ0) is 28.6. The lowest BCUT2D eigenvalue weighted by Crippen LogP contribution is -2.46. The number of rotatable bonds is 11. The Morgan fingerprint density at radius 2 is 1.65 bits per heavy atom. The van der Waals surface area contributed by atoms with Gasteiger partial charge in [-0.05, 0) is 55.2 Å². The quantitative estimate of drug-likeness (QED) is 0.271. The molecule has 210 valence electrons. The number of carbonyl (C=O) groups is 2. The maximum absolute atomic E-state index is 14.0. The molecule has 1 aliphatic heterocycles. The van der Waals surface area contributed by atoms with Gasteiger partial charge in [0.15, 0.2) is 0 Å². The highest BCUT2D eigenvalue weighted by molar-refractivity contribution is 6.25. The Hall–Kier alpha value is -4.04. The van der Waals surface area contributed by atoms with Crippen molar-refractivity contribution >= 4 is 23.5 Å². The van der Waals surface area contributed by atoms with E-state index >= 15 is 0 Å². The van der Waals surface area contributed by atoms with Gasteiger partial charge in [-0.25, -0.2) is 8.78 Å². The van der Waals surface area contributed by atoms with E-state index in [0.29, 0.717) is 34.7 Å². The molecule has 0 saturated heterocycles. The number of fused-ring (bicyclic) bond motifs is 2. The third-order valence-electron chi connectivity index (χ3n) is 6.89. The molecule has 3 N–H and O–H groups in total. The van der Waals surface area contributed by atoms with Crippen LogP contribution in [0.5, 0.6) is 11.5 Å². The molecule has 0 saturated carbocycles. The number of aliphatic hydroxyl groups excluding tert-OH is 1. The van der Waals surface area contributed by atoms with Crippen LogP contribution in [0.4, 0.5) is 8.78 Å². The molecule has 2 amide bonds. The van der Waals surface area contributed by atoms with Crippen molar-refractivity contribution in [2.24, 2.45) is 5.92 Å². The molecule has 4 rings (SSSR count). The van der Waals surface area contributed by atoms with Crippen LogP contribution in [0.25, 0.3) is 11.6 Å². The van der Waals surface area contributed by atoms with Crippen LogP contribution in [0, 0.1) is 17.6 Å². The Morgan fingerprint density at radius 1 is 0.975 bits per heavy atom. The summed E-state index contributed by atoms with van der Waals surface area (Å²) in [6.07, 6.45) is 2.31. The van der Waals surface area contributed by atoms with Crippen molar-refractivity contribution < 1.29 is 28.2 Å². The predicted molar refractivity (Wildman–Crippen MR) is 151 cm³/mol. The van der Waals surface area contributed by atoms with Crippen LogP contribution in [0.2, 0.25) is 0 Å². The third kappa shape index (κ3) is 7.33. The van der Waals surface area contributed by atoms with Gasteiger partial charge in [0.2, 0.25) is 5.91 Å². The zero-order valence-corrected chi connectivity index (χ0v) is 22.6. The van der Waals surface area contributed by atoms with Crippen LogP contribution >= 0.6 is 0 Å². The van der Waals surface area contributed by atoms with Crippen LogP contribution in [0.1, 0.15) is 49.8 Å². The Morgan fingerprint density at radius 3 is 2.38 bits per heavy atom. The van der Waals surface area contributed by atoms with Gasteiger partial charge in [0.05, 0.1) is 17.7 Å². The summed E-state index contributed by atoms with van der Waals surface area (Å²) < 4.78 is 34.0. The van der Waals surface area contributed by atoms with E-state index in [1.54, 1.807) is 37.3 Å². The lowest BCUT2D eigenvalue weighted by molar-refractivity contribution is -0.125. The minimum absolute atomic E-state index is 0.0439. The fraction of sp³-hybridized carbons (Fsp3) is 0.312. The second-order valence-corrected chi connectivity index (χ2v) is 10.1. The summed E-state index contributed by atoms with van der Waals surface area (Å²) in [5, 5.41) is 17.0. The smallest absolute Gasteiger partial charge is 0.252 e. The van der Waals surface area contributed by atoms with Gasteiger partial charge in [-0.3, -0.25) is 9.59 Å². The first-order valence-electron chi connectivity index (χ1n) is 13.5. The number of hydrogen-bond acceptors (Lipinski definition) is 4. The number of benzene rings is 3. The second-order valence-electron chi connectivity index (χ2n) is 10.1. The molecule has 0 bridgehead atoms. The Kier molecular flexibility index (Phi) is 9.66. The number of ether oxygens (including phenoxy) is 1. The van der Waals surface area contributed by atoms with Gasteiger partial charge >= 0.3 is 0 Å². The van der Waals surface area contributed by atoms with Crippen molar-refractivity contribution in [3.63, 3.8) is 0 Å². The number of nitrogens with one attached hydrogen (secondary N) is 2. The summed E-state index contributed by atoms with van der Waals surface area (Å²) in [5.74, 6) is -1.67. The minimum atomic E-state index is -1.17. The molecule has 6 nitrogen and oxygen atoms in total. The summed E-state index contributed by atoms with van der Waals surface area (Å²) in [7, 11) is 0. The van der Waals surface area contributed by atoms with E-state index in [1.807, 2.05) is 31.2 Å². The fourth-order valence-corrected chi connectivity index (χ4v) is 4.72. The molecule has 3 aromatic carbocycles. The summed E-state index contributed by atoms with van der Waals surface area (Å²) in [6, 6.07) is 16.6. The molecule has 1 heterocycles. The topological polar surface area (TPSA) is 87.7 Å². The van der Waals surface area contributed by atoms with Gasteiger partial charge in [0.25, 0.3) is 5.91 Å². The maximum atomic E-state index is 14.0. The lowest BCUT2D eigenvalue weighted by atomic mass is 9.92. The van der Waals surface area contributed by atoms with Crippen LogP contribution in [0.15, 0.2) is 66.7 Å². The Balaban J connectivity index is 1.61. The molecule has 0 aromatic heterocycles. The van der Waals surface area contributed by atoms with Crippen LogP contribution in [-0.2, 0) is 16.0 Å². The van der Waals surface area contributed by atoms with Crippen molar-refractivity contribution in [3.05, 3.63) is 95.1 Å². The molecular formula is C32H34F2N2O4. The molecule has 3 unspecified atom stereocenters. The van der Waals surface area contributed by atoms with Gasteiger partial charge in [-0.15, -0.1) is 0 Å². The standard InChI is InChI=1S/C32H34F2N2O4/c1-3-4-13-35-31(38)20(2)14-28(37)27(17-21-15-23(33)19-24(34)16-21)36-32(39)26-18-22-9-5-7-11-29(22)40-30-12-8-6-10-25(26)30/h5-12,15-16,18-20,27-28,37H,3-4,13-14,17H2,1-2H3,(H,35,38)(H,36,39). The highest BCUT2D eigenvalue weighted by atomic mass is 19.1. The van der Waals surface area contributed by atoms with Crippen LogP contribution in [0.3, 0.4) is 0 Å². The zero-order valence-electron chi connectivity index (χ0n) is 22.6. The van der Waals surface area contributed by atoms with Crippen molar-refractivity contribution in [3.8, 4) is 11.5 Å². The monoisotopic (exact) mass is 548 g/mol. The van der Waals surface area contributed by atoms with Gasteiger partial charge in [0.1, 0.15) is 23.1 Å². The van der Waals surface area contributed by atoms with Gasteiger partial charge < -0.3 is 20.5 Å². The molecule has 3 atom stereocenters. The SMILES string of the molecule is CCCCNC(=O)C(C)CC(O)C(Cc1cc(F)cc(F)c1)NC(=O)C1=Cc2ccccc2Oc2ccccc21. The van der Waals surface area contributed by atoms with E-state index in [1.165, 1.54) is 12.1 Å². The molecule has 0 spiro atoms. The average Bonchev–Trinajstić information content (AvgIpc) is 3.09. The number of para-hydroxylation sites is 2. The van der Waals surface area contributed by atoms with Gasteiger partial charge in [-0.2, -0.15) is 0 Å². The fourth-order valence-electron chi connectivity index (χ4n) is 4.72. The summed E-state index contributed by atoms with van der Waals surface area (Å²) in [6.45, 7) is 4.26. The minimum Gasteiger partial charge on any atom is -0.456 e. The number of amides is 2. The number of unbranched alkanes of at least 4 members (excludes halogenated alkanes) is 1. The number of carbonyl (C=O) groups excluding carboxylic acids is 2. The van der Waals surface area contributed by atoms with Gasteiger partial charge in [-0.1, -0.05) is 56.7 Å². The second kappa shape index (κ2) is 13.3. The largest absolute Gasteiger partial charge is 0.456 e. The van der Waals surface area contributed by atoms with Crippen molar-refractivity contribution in [2.45, 2.75) is 51.7 Å². The highest BCUT2D eigenvalue weighted by Gasteiger charge is 2.29. The van der Waals surface area contributed by atoms with E-state index in [-0.39, 0.29) is 24.3 Å². The van der Waals surface area contributed by atoms with Crippen LogP contribution in [-0.4, -0.2) is 35.6 Å². The summed E-state index contributed by atoms with van der Waals surface area (Å²) in [4.78, 5) is 26.3. The maximum Gasteiger partial charge on any atom is 0.252 e. The van der Waals surface area contributed by atoms with Crippen molar-refractivity contribution in [2.75, 3.05) is 6.54 Å². The molecule has 1 aliphatic rings. The van der Waals surface area contributed by atoms with Crippen molar-refractivity contribution in [1.29, 1.82) is 0 Å². The average molecular weight is 549 g/mol. The number of hydrogen-bond donors (Lipinski definition) is 3. The normalized spacial score (nSPS) is 14.4. The Bertz CT molecular complexity index is 1370. The molecule has 3 aromatic rings. The molecule has 0 radical (unpaired) electrons. The van der Waals surface area contributed by atoms with E-state index in [4.69, 9.17) is 4.74 Å². The number of halogens is 2. The molecule has 0 aliphatic carbocycles. The lowest BCUT2D eigenvalue weighted by Gasteiger charge is -2.27. The number of aliphatic hydroxyl groups is 1. The van der Waals surface area contributed by atoms with E-state index in [9.17, 15) is 23.5 Å². The molecular weight excluding hydrogens is 514 g/mol. The third-order valence-corrected chi connectivity index (χ3v) is 6.89. The van der Waals surface area contributed by atoms with E-state index < -0.39 is 35.6 Å². The molecule has 0 fully saturated rings. The first-order valence-corrected chi connectivity index (χ1v) is 13.5. The molecule has 8 heteroatoms. The van der Waals surface area contributed by atoms with Crippen molar-refractivity contribution in [1.82, 2.24) is 10.6 Å². The van der Waals surface area contributed by atoms with Crippen LogP contribution < -0.4 is 15.4 Å². The molecule has 40 heavy (non-hydrogen) atoms. The predicted octanol–water partition coefficient (Wildman–Crippen LogP) is 5.64. The van der Waals surface area contributed by atoms with E-state index in [0.717, 1.165) is 18.9 Å². The van der Waals surface area contributed by atoms with E-state index in [2.05, 4.69) is 10.6 Å². The summed E-state index contributed by atoms with van der Waals surface area (Å²) >= 11 is 0. The van der Waals surface area contributed by atoms with Gasteiger partial charge in [0, 0.05) is 29.7 Å². The highest BCUT2D eigenvalue weighted by Crippen LogP contribution is 2.38. The first-order chi connectivity index (χ1) is 19.2. The summed E-state index contributed by atoms with van der Waals surface area (Å²) in [5.41, 5.74) is 1.84. The first kappa shape index (κ1) is 29.0. The Labute approximate surface area is 233 Å².